The molecular weight excluding hydrogens is 451 g/mol. The monoisotopic (exact) mass is 471 g/mol. The van der Waals surface area contributed by atoms with Crippen molar-refractivity contribution >= 4 is 28.4 Å². The second kappa shape index (κ2) is 8.85. The van der Waals surface area contributed by atoms with Crippen molar-refractivity contribution in [2.45, 2.75) is 44.9 Å². The summed E-state index contributed by atoms with van der Waals surface area (Å²) in [5, 5.41) is 2.84. The van der Waals surface area contributed by atoms with Crippen molar-refractivity contribution in [2.24, 2.45) is 0 Å². The first-order chi connectivity index (χ1) is 16.1. The number of carbonyl (C=O) groups is 3. The smallest absolute Gasteiger partial charge is 0.348 e. The Morgan fingerprint density at radius 2 is 1.82 bits per heavy atom. The fourth-order valence-corrected chi connectivity index (χ4v) is 4.16. The summed E-state index contributed by atoms with van der Waals surface area (Å²) in [6.45, 7) is 1.54. The zero-order chi connectivity index (χ0) is 24.6. The minimum absolute atomic E-state index is 0.0390. The predicted octanol–water partition coefficient (Wildman–Crippen LogP) is 3.52. The van der Waals surface area contributed by atoms with Crippen LogP contribution in [0.5, 0.6) is 0 Å². The molecule has 1 saturated carbocycles. The van der Waals surface area contributed by atoms with Gasteiger partial charge < -0.3 is 5.32 Å². The highest BCUT2D eigenvalue weighted by Crippen LogP contribution is 2.29. The molecule has 1 heterocycles. The van der Waals surface area contributed by atoms with Gasteiger partial charge in [-0.3, -0.25) is 23.7 Å². The molecule has 0 spiro atoms. The molecular formula is C24H20F3N3O4. The van der Waals surface area contributed by atoms with E-state index in [4.69, 9.17) is 0 Å². The Morgan fingerprint density at radius 1 is 1.12 bits per heavy atom. The Hall–Kier alpha value is -3.82. The quantitative estimate of drug-likeness (QED) is 0.588. The van der Waals surface area contributed by atoms with Gasteiger partial charge in [-0.1, -0.05) is 12.1 Å². The highest BCUT2D eigenvalue weighted by molar-refractivity contribution is 6.03. The number of alkyl halides is 3. The van der Waals surface area contributed by atoms with Gasteiger partial charge in [0.25, 0.3) is 11.5 Å². The summed E-state index contributed by atoms with van der Waals surface area (Å²) in [5.41, 5.74) is -0.437. The number of ketones is 2. The van der Waals surface area contributed by atoms with Gasteiger partial charge >= 0.3 is 6.18 Å². The molecule has 1 atom stereocenters. The van der Waals surface area contributed by atoms with Gasteiger partial charge in [-0.15, -0.1) is 0 Å². The molecule has 0 aliphatic heterocycles. The Morgan fingerprint density at radius 3 is 2.47 bits per heavy atom. The van der Waals surface area contributed by atoms with Gasteiger partial charge in [-0.2, -0.15) is 13.2 Å². The molecule has 34 heavy (non-hydrogen) atoms. The van der Waals surface area contributed by atoms with Gasteiger partial charge in [0.15, 0.2) is 5.78 Å². The summed E-state index contributed by atoms with van der Waals surface area (Å²) >= 11 is 0. The number of Topliss-reactive ketones (excluding diaryl/α,β-unsaturated/α-hetero) is 2. The van der Waals surface area contributed by atoms with Gasteiger partial charge in [-0.25, -0.2) is 4.98 Å². The minimum Gasteiger partial charge on any atom is -0.348 e. The van der Waals surface area contributed by atoms with Crippen LogP contribution in [-0.2, 0) is 22.3 Å². The van der Waals surface area contributed by atoms with Crippen LogP contribution in [0.25, 0.3) is 10.9 Å². The van der Waals surface area contributed by atoms with Crippen LogP contribution in [0, 0.1) is 6.92 Å². The second-order valence-corrected chi connectivity index (χ2v) is 8.14. The first-order valence-electron chi connectivity index (χ1n) is 10.6. The third-order valence-electron chi connectivity index (χ3n) is 5.86. The van der Waals surface area contributed by atoms with E-state index in [1.54, 1.807) is 25.1 Å². The number of benzene rings is 2. The van der Waals surface area contributed by atoms with E-state index in [9.17, 15) is 32.3 Å². The van der Waals surface area contributed by atoms with Crippen molar-refractivity contribution in [1.82, 2.24) is 14.9 Å². The first-order valence-corrected chi connectivity index (χ1v) is 10.6. The lowest BCUT2D eigenvalue weighted by molar-refractivity contribution is -0.137. The Labute approximate surface area is 191 Å². The average molecular weight is 471 g/mol. The SMILES string of the molecule is Cc1nc2cccc(CNC(=O)c3ccc(C(F)(F)F)cc3)c2c(=O)n1C1CCC(=O)CC1=O. The summed E-state index contributed by atoms with van der Waals surface area (Å²) in [5.74, 6) is -0.758. The number of carbonyl (C=O) groups excluding carboxylic acids is 3. The molecule has 1 N–H and O–H groups in total. The molecule has 2 aromatic carbocycles. The van der Waals surface area contributed by atoms with E-state index in [-0.39, 0.29) is 48.3 Å². The molecule has 176 valence electrons. The van der Waals surface area contributed by atoms with Crippen LogP contribution >= 0.6 is 0 Å². The number of halogens is 3. The molecule has 3 aromatic rings. The van der Waals surface area contributed by atoms with E-state index in [0.717, 1.165) is 24.3 Å². The molecule has 1 fully saturated rings. The van der Waals surface area contributed by atoms with Gasteiger partial charge in [0.2, 0.25) is 0 Å². The van der Waals surface area contributed by atoms with Gasteiger partial charge in [-0.05, 0) is 49.2 Å². The van der Waals surface area contributed by atoms with E-state index in [1.165, 1.54) is 4.57 Å². The minimum atomic E-state index is -4.50. The number of hydrogen-bond acceptors (Lipinski definition) is 5. The van der Waals surface area contributed by atoms with Crippen molar-refractivity contribution in [3.05, 3.63) is 75.3 Å². The van der Waals surface area contributed by atoms with E-state index < -0.39 is 29.2 Å². The summed E-state index contributed by atoms with van der Waals surface area (Å²) in [7, 11) is 0. The number of nitrogens with zero attached hydrogens (tertiary/aromatic N) is 2. The van der Waals surface area contributed by atoms with Gasteiger partial charge in [0.1, 0.15) is 11.6 Å². The maximum atomic E-state index is 13.4. The number of fused-ring (bicyclic) bond motifs is 1. The zero-order valence-electron chi connectivity index (χ0n) is 18.1. The van der Waals surface area contributed by atoms with Crippen molar-refractivity contribution in [2.75, 3.05) is 0 Å². The molecule has 1 aromatic heterocycles. The molecule has 0 saturated heterocycles. The topological polar surface area (TPSA) is 98.1 Å². The van der Waals surface area contributed by atoms with E-state index in [1.807, 2.05) is 0 Å². The lowest BCUT2D eigenvalue weighted by atomic mass is 9.92. The van der Waals surface area contributed by atoms with Crippen LogP contribution in [0.4, 0.5) is 13.2 Å². The number of rotatable bonds is 4. The second-order valence-electron chi connectivity index (χ2n) is 8.14. The van der Waals surface area contributed by atoms with Crippen molar-refractivity contribution in [3.63, 3.8) is 0 Å². The largest absolute Gasteiger partial charge is 0.416 e. The van der Waals surface area contributed by atoms with Crippen LogP contribution in [0.2, 0.25) is 0 Å². The van der Waals surface area contributed by atoms with Crippen LogP contribution in [0.1, 0.15) is 52.6 Å². The third-order valence-corrected chi connectivity index (χ3v) is 5.86. The molecule has 1 aliphatic carbocycles. The van der Waals surface area contributed by atoms with E-state index in [2.05, 4.69) is 10.3 Å². The number of amides is 1. The van der Waals surface area contributed by atoms with E-state index >= 15 is 0 Å². The highest BCUT2D eigenvalue weighted by atomic mass is 19.4. The molecule has 0 radical (unpaired) electrons. The van der Waals surface area contributed by atoms with Crippen LogP contribution in [-0.4, -0.2) is 27.0 Å². The number of aryl methyl sites for hydroxylation is 1. The summed E-state index contributed by atoms with van der Waals surface area (Å²) < 4.78 is 39.5. The van der Waals surface area contributed by atoms with Gasteiger partial charge in [0.05, 0.1) is 28.9 Å². The van der Waals surface area contributed by atoms with Crippen molar-refractivity contribution in [3.8, 4) is 0 Å². The molecule has 1 unspecified atom stereocenters. The molecule has 7 nitrogen and oxygen atoms in total. The Kier molecular flexibility index (Phi) is 6.07. The molecule has 1 amide bonds. The van der Waals surface area contributed by atoms with Gasteiger partial charge in [0, 0.05) is 18.5 Å². The molecule has 4 rings (SSSR count). The summed E-state index contributed by atoms with van der Waals surface area (Å²) in [6.07, 6.45) is -4.31. The van der Waals surface area contributed by atoms with Crippen molar-refractivity contribution in [1.29, 1.82) is 0 Å². The summed E-state index contributed by atoms with van der Waals surface area (Å²) in [4.78, 5) is 54.4. The number of hydrogen-bond donors (Lipinski definition) is 1. The van der Waals surface area contributed by atoms with Crippen molar-refractivity contribution < 1.29 is 27.6 Å². The fourth-order valence-electron chi connectivity index (χ4n) is 4.16. The highest BCUT2D eigenvalue weighted by Gasteiger charge is 2.31. The van der Waals surface area contributed by atoms with Crippen LogP contribution in [0.15, 0.2) is 47.3 Å². The third kappa shape index (κ3) is 4.48. The lowest BCUT2D eigenvalue weighted by Gasteiger charge is -2.24. The normalized spacial score (nSPS) is 16.6. The standard InChI is InChI=1S/C24H20F3N3O4/c1-13-29-18-4-2-3-15(12-28-22(33)14-5-7-16(8-6-14)24(25,26)27)21(18)23(34)30(13)19-10-9-17(31)11-20(19)32/h2-8,19H,9-12H2,1H3,(H,28,33). The molecule has 0 bridgehead atoms. The molecule has 1 aliphatic rings. The Bertz CT molecular complexity index is 1360. The predicted molar refractivity (Wildman–Crippen MR) is 116 cm³/mol. The molecule has 10 heteroatoms. The maximum absolute atomic E-state index is 13.4. The Balaban J connectivity index is 1.63. The fraction of sp³-hybridized carbons (Fsp3) is 0.292. The number of aromatic nitrogens is 2. The first kappa shape index (κ1) is 23.3. The van der Waals surface area contributed by atoms with Crippen LogP contribution in [0.3, 0.4) is 0 Å². The van der Waals surface area contributed by atoms with E-state index in [0.29, 0.717) is 16.9 Å². The zero-order valence-corrected chi connectivity index (χ0v) is 18.1. The number of nitrogens with one attached hydrogen (secondary N) is 1. The lowest BCUT2D eigenvalue weighted by Crippen LogP contribution is -2.36. The average Bonchev–Trinajstić information content (AvgIpc) is 2.78. The maximum Gasteiger partial charge on any atom is 0.416 e. The summed E-state index contributed by atoms with van der Waals surface area (Å²) in [6, 6.07) is 7.96. The van der Waals surface area contributed by atoms with Crippen LogP contribution < -0.4 is 10.9 Å².